The standard InChI is InChI=1S/C13H23NO2/c1-12(2,3)10-4-6-13(7-5-10)8-9-14-11(15)16-13/h10H,4-9H2,1-3H3,(H,14,15). The van der Waals surface area contributed by atoms with Crippen molar-refractivity contribution >= 4 is 6.09 Å². The van der Waals surface area contributed by atoms with Gasteiger partial charge in [0.05, 0.1) is 0 Å². The van der Waals surface area contributed by atoms with E-state index in [9.17, 15) is 4.79 Å². The van der Waals surface area contributed by atoms with Crippen LogP contribution >= 0.6 is 0 Å². The minimum Gasteiger partial charge on any atom is -0.443 e. The van der Waals surface area contributed by atoms with E-state index in [-0.39, 0.29) is 11.7 Å². The van der Waals surface area contributed by atoms with Gasteiger partial charge in [-0.25, -0.2) is 4.79 Å². The first-order valence-electron chi connectivity index (χ1n) is 6.38. The average molecular weight is 225 g/mol. The van der Waals surface area contributed by atoms with Gasteiger partial charge < -0.3 is 10.1 Å². The van der Waals surface area contributed by atoms with Crippen molar-refractivity contribution in [1.82, 2.24) is 5.32 Å². The molecule has 3 nitrogen and oxygen atoms in total. The highest BCUT2D eigenvalue weighted by atomic mass is 16.6. The number of alkyl carbamates (subject to hydrolysis) is 1. The molecular weight excluding hydrogens is 202 g/mol. The summed E-state index contributed by atoms with van der Waals surface area (Å²) in [5.74, 6) is 0.770. The summed E-state index contributed by atoms with van der Waals surface area (Å²) in [6.45, 7) is 7.71. The van der Waals surface area contributed by atoms with Crippen molar-refractivity contribution in [2.45, 2.75) is 58.5 Å². The normalized spacial score (nSPS) is 35.7. The molecule has 2 rings (SSSR count). The second-order valence-corrected chi connectivity index (χ2v) is 6.39. The van der Waals surface area contributed by atoms with Crippen LogP contribution in [-0.4, -0.2) is 18.2 Å². The highest BCUT2D eigenvalue weighted by Gasteiger charge is 2.42. The van der Waals surface area contributed by atoms with E-state index < -0.39 is 0 Å². The Labute approximate surface area is 97.9 Å². The Kier molecular flexibility index (Phi) is 2.89. The number of rotatable bonds is 0. The van der Waals surface area contributed by atoms with Crippen LogP contribution in [0.2, 0.25) is 0 Å². The second-order valence-electron chi connectivity index (χ2n) is 6.39. The van der Waals surface area contributed by atoms with Gasteiger partial charge in [0.25, 0.3) is 0 Å². The Morgan fingerprint density at radius 1 is 1.25 bits per heavy atom. The van der Waals surface area contributed by atoms with Crippen molar-refractivity contribution < 1.29 is 9.53 Å². The molecular formula is C13H23NO2. The van der Waals surface area contributed by atoms with Crippen LogP contribution in [0.1, 0.15) is 52.9 Å². The molecule has 0 unspecified atom stereocenters. The van der Waals surface area contributed by atoms with Gasteiger partial charge in [-0.05, 0) is 37.0 Å². The topological polar surface area (TPSA) is 38.3 Å². The number of hydrogen-bond acceptors (Lipinski definition) is 2. The molecule has 1 saturated carbocycles. The van der Waals surface area contributed by atoms with E-state index >= 15 is 0 Å². The number of nitrogens with one attached hydrogen (secondary N) is 1. The molecule has 0 aromatic rings. The van der Waals surface area contributed by atoms with Gasteiger partial charge in [-0.15, -0.1) is 0 Å². The maximum Gasteiger partial charge on any atom is 0.407 e. The number of amides is 1. The molecule has 0 bridgehead atoms. The lowest BCUT2D eigenvalue weighted by molar-refractivity contribution is -0.0569. The number of carbonyl (C=O) groups is 1. The average Bonchev–Trinajstić information content (AvgIpc) is 2.16. The summed E-state index contributed by atoms with van der Waals surface area (Å²) in [5, 5.41) is 2.73. The van der Waals surface area contributed by atoms with Gasteiger partial charge in [-0.3, -0.25) is 0 Å². The van der Waals surface area contributed by atoms with Crippen LogP contribution in [0.5, 0.6) is 0 Å². The summed E-state index contributed by atoms with van der Waals surface area (Å²) < 4.78 is 5.53. The molecule has 1 spiro atoms. The number of ether oxygens (including phenoxy) is 1. The van der Waals surface area contributed by atoms with Gasteiger partial charge >= 0.3 is 6.09 Å². The first kappa shape index (κ1) is 11.7. The SMILES string of the molecule is CC(C)(C)C1CCC2(CCNC(=O)O2)CC1. The van der Waals surface area contributed by atoms with Crippen LogP contribution in [0, 0.1) is 11.3 Å². The maximum absolute atomic E-state index is 11.3. The molecule has 2 fully saturated rings. The summed E-state index contributed by atoms with van der Waals surface area (Å²) in [7, 11) is 0. The van der Waals surface area contributed by atoms with Crippen molar-refractivity contribution in [1.29, 1.82) is 0 Å². The van der Waals surface area contributed by atoms with Crippen molar-refractivity contribution in [3.63, 3.8) is 0 Å². The highest BCUT2D eigenvalue weighted by Crippen LogP contribution is 2.44. The summed E-state index contributed by atoms with van der Waals surface area (Å²) in [6.07, 6.45) is 5.23. The van der Waals surface area contributed by atoms with Gasteiger partial charge in [0, 0.05) is 13.0 Å². The summed E-state index contributed by atoms with van der Waals surface area (Å²) in [4.78, 5) is 11.3. The molecule has 3 heteroatoms. The van der Waals surface area contributed by atoms with E-state index in [1.54, 1.807) is 0 Å². The van der Waals surface area contributed by atoms with E-state index in [2.05, 4.69) is 26.1 Å². The fraction of sp³-hybridized carbons (Fsp3) is 0.923. The zero-order valence-corrected chi connectivity index (χ0v) is 10.6. The molecule has 92 valence electrons. The molecule has 0 aromatic heterocycles. The minimum atomic E-state index is -0.222. The predicted molar refractivity (Wildman–Crippen MR) is 63.2 cm³/mol. The van der Waals surface area contributed by atoms with Crippen LogP contribution < -0.4 is 5.32 Å². The monoisotopic (exact) mass is 225 g/mol. The molecule has 1 aliphatic carbocycles. The predicted octanol–water partition coefficient (Wildman–Crippen LogP) is 3.09. The van der Waals surface area contributed by atoms with E-state index in [1.165, 1.54) is 12.8 Å². The van der Waals surface area contributed by atoms with Crippen molar-refractivity contribution in [2.75, 3.05) is 6.54 Å². The molecule has 1 N–H and O–H groups in total. The molecule has 1 saturated heterocycles. The van der Waals surface area contributed by atoms with E-state index in [4.69, 9.17) is 4.74 Å². The molecule has 0 atom stereocenters. The molecule has 0 aromatic carbocycles. The smallest absolute Gasteiger partial charge is 0.407 e. The van der Waals surface area contributed by atoms with Gasteiger partial charge in [0.2, 0.25) is 0 Å². The molecule has 0 radical (unpaired) electrons. The Morgan fingerprint density at radius 3 is 2.38 bits per heavy atom. The van der Waals surface area contributed by atoms with Gasteiger partial charge in [-0.2, -0.15) is 0 Å². The lowest BCUT2D eigenvalue weighted by atomic mass is 9.67. The summed E-state index contributed by atoms with van der Waals surface area (Å²) in [6, 6.07) is 0. The fourth-order valence-electron chi connectivity index (χ4n) is 3.04. The third kappa shape index (κ3) is 2.33. The number of hydrogen-bond donors (Lipinski definition) is 1. The van der Waals surface area contributed by atoms with Gasteiger partial charge in [-0.1, -0.05) is 20.8 Å². The zero-order valence-electron chi connectivity index (χ0n) is 10.6. The fourth-order valence-corrected chi connectivity index (χ4v) is 3.04. The largest absolute Gasteiger partial charge is 0.443 e. The highest BCUT2D eigenvalue weighted by molar-refractivity contribution is 5.68. The van der Waals surface area contributed by atoms with Gasteiger partial charge in [0.1, 0.15) is 5.60 Å². The van der Waals surface area contributed by atoms with E-state index in [0.29, 0.717) is 5.41 Å². The lowest BCUT2D eigenvalue weighted by Gasteiger charge is -2.45. The van der Waals surface area contributed by atoms with Crippen LogP contribution in [0.4, 0.5) is 4.79 Å². The van der Waals surface area contributed by atoms with Crippen molar-refractivity contribution in [3.8, 4) is 0 Å². The first-order chi connectivity index (χ1) is 7.41. The molecule has 1 amide bonds. The Bertz CT molecular complexity index is 272. The molecule has 1 aliphatic heterocycles. The summed E-state index contributed by atoms with van der Waals surface area (Å²) in [5.41, 5.74) is 0.253. The quantitative estimate of drug-likeness (QED) is 0.688. The van der Waals surface area contributed by atoms with Crippen molar-refractivity contribution in [3.05, 3.63) is 0 Å². The van der Waals surface area contributed by atoms with Gasteiger partial charge in [0.15, 0.2) is 0 Å². The zero-order chi connectivity index (χ0) is 11.8. The molecule has 2 aliphatic rings. The van der Waals surface area contributed by atoms with E-state index in [1.807, 2.05) is 0 Å². The summed E-state index contributed by atoms with van der Waals surface area (Å²) >= 11 is 0. The third-order valence-electron chi connectivity index (χ3n) is 4.28. The maximum atomic E-state index is 11.3. The third-order valence-corrected chi connectivity index (χ3v) is 4.28. The van der Waals surface area contributed by atoms with Crippen molar-refractivity contribution in [2.24, 2.45) is 11.3 Å². The second kappa shape index (κ2) is 3.94. The Hall–Kier alpha value is -0.730. The van der Waals surface area contributed by atoms with Crippen LogP contribution in [0.15, 0.2) is 0 Å². The Balaban J connectivity index is 1.96. The Morgan fingerprint density at radius 2 is 1.88 bits per heavy atom. The lowest BCUT2D eigenvalue weighted by Crippen LogP contribution is -2.49. The number of carbonyl (C=O) groups excluding carboxylic acids is 1. The van der Waals surface area contributed by atoms with Crippen LogP contribution in [0.25, 0.3) is 0 Å². The first-order valence-corrected chi connectivity index (χ1v) is 6.38. The van der Waals surface area contributed by atoms with Crippen LogP contribution in [-0.2, 0) is 4.74 Å². The van der Waals surface area contributed by atoms with Crippen LogP contribution in [0.3, 0.4) is 0 Å². The van der Waals surface area contributed by atoms with E-state index in [0.717, 1.165) is 31.7 Å². The minimum absolute atomic E-state index is 0.135. The molecule has 1 heterocycles. The molecule has 16 heavy (non-hydrogen) atoms.